The van der Waals surface area contributed by atoms with E-state index in [0.717, 1.165) is 23.5 Å². The van der Waals surface area contributed by atoms with E-state index in [-0.39, 0.29) is 48.9 Å². The third kappa shape index (κ3) is 6.15. The summed E-state index contributed by atoms with van der Waals surface area (Å²) in [4.78, 5) is 57.5. The van der Waals surface area contributed by atoms with Crippen LogP contribution in [-0.2, 0) is 44.2 Å². The van der Waals surface area contributed by atoms with Crippen LogP contribution in [0.4, 0.5) is 17.1 Å². The van der Waals surface area contributed by atoms with Crippen LogP contribution in [0.1, 0.15) is 30.2 Å². The van der Waals surface area contributed by atoms with Crippen LogP contribution in [0, 0.1) is 5.92 Å². The van der Waals surface area contributed by atoms with Crippen molar-refractivity contribution in [3.63, 3.8) is 0 Å². The molecule has 0 radical (unpaired) electrons. The quantitative estimate of drug-likeness (QED) is 0.225. The van der Waals surface area contributed by atoms with E-state index in [9.17, 15) is 19.5 Å². The highest BCUT2D eigenvalue weighted by Crippen LogP contribution is 2.60. The molecule has 50 heavy (non-hydrogen) atoms. The van der Waals surface area contributed by atoms with Crippen molar-refractivity contribution >= 4 is 43.1 Å². The van der Waals surface area contributed by atoms with Crippen molar-refractivity contribution in [3.8, 4) is 0 Å². The smallest absolute Gasteiger partial charge is 0.264 e. The molecule has 4 aliphatic heterocycles. The molecule has 5 heterocycles. The second-order valence-corrected chi connectivity index (χ2v) is 18.3. The van der Waals surface area contributed by atoms with E-state index in [1.54, 1.807) is 25.6 Å². The Kier molecular flexibility index (Phi) is 9.38. The van der Waals surface area contributed by atoms with Gasteiger partial charge in [0, 0.05) is 80.3 Å². The molecule has 3 amide bonds. The molecule has 7 rings (SSSR count). The van der Waals surface area contributed by atoms with Crippen LogP contribution in [0.25, 0.3) is 0 Å². The van der Waals surface area contributed by atoms with Gasteiger partial charge in [-0.15, -0.1) is 5.10 Å². The zero-order chi connectivity index (χ0) is 35.2. The number of aliphatic hydroxyl groups excluding tert-OH is 1. The molecular weight excluding hydrogens is 657 g/mol. The first-order chi connectivity index (χ1) is 24.0. The summed E-state index contributed by atoms with van der Waals surface area (Å²) < 4.78 is 8.76. The molecule has 4 aliphatic rings. The maximum Gasteiger partial charge on any atom is 0.264 e. The van der Waals surface area contributed by atoms with Gasteiger partial charge < -0.3 is 40.0 Å². The number of aryl methyl sites for hydroxylation is 1. The number of hydrogen-bond acceptors (Lipinski definition) is 10. The third-order valence-electron chi connectivity index (χ3n) is 10.6. The summed E-state index contributed by atoms with van der Waals surface area (Å²) in [6, 6.07) is 13.5. The Morgan fingerprint density at radius 3 is 2.28 bits per heavy atom. The number of nitrogens with zero attached hydrogens (tertiary/aromatic N) is 6. The first kappa shape index (κ1) is 34.5. The summed E-state index contributed by atoms with van der Waals surface area (Å²) in [6.45, 7) is 9.60. The van der Waals surface area contributed by atoms with Gasteiger partial charge in [-0.3, -0.25) is 19.1 Å². The van der Waals surface area contributed by atoms with Gasteiger partial charge in [-0.05, 0) is 55.4 Å². The number of hydrogen-bond donors (Lipinski definition) is 4. The lowest BCUT2D eigenvalue weighted by molar-refractivity contribution is -0.146. The number of rotatable bonds is 10. The molecule has 4 atom stereocenters. The van der Waals surface area contributed by atoms with Crippen LogP contribution < -0.4 is 25.3 Å². The number of carbonyl (C=O) groups is 3. The van der Waals surface area contributed by atoms with Gasteiger partial charge in [0.1, 0.15) is 0 Å². The molecule has 4 N–H and O–H groups in total. The molecule has 3 aromatic rings. The van der Waals surface area contributed by atoms with Gasteiger partial charge in [-0.1, -0.05) is 24.3 Å². The number of piperazine rings is 2. The van der Waals surface area contributed by atoms with Crippen LogP contribution in [0.5, 0.6) is 0 Å². The minimum Gasteiger partial charge on any atom is -0.432 e. The zero-order valence-corrected chi connectivity index (χ0v) is 29.8. The Hall–Kier alpha value is -3.99. The van der Waals surface area contributed by atoms with Crippen LogP contribution in [0.15, 0.2) is 48.7 Å². The Labute approximate surface area is 292 Å². The minimum absolute atomic E-state index is 0.0175. The number of nitrogens with one attached hydrogen (secondary N) is 2. The number of anilines is 3. The fourth-order valence-electron chi connectivity index (χ4n) is 8.32. The van der Waals surface area contributed by atoms with E-state index in [0.29, 0.717) is 62.5 Å². The van der Waals surface area contributed by atoms with Gasteiger partial charge in [0.25, 0.3) is 5.91 Å². The Morgan fingerprint density at radius 2 is 1.64 bits per heavy atom. The van der Waals surface area contributed by atoms with Crippen molar-refractivity contribution in [2.75, 3.05) is 60.6 Å². The lowest BCUT2D eigenvalue weighted by Crippen LogP contribution is -2.48. The summed E-state index contributed by atoms with van der Waals surface area (Å²) in [6.07, 6.45) is 2.27. The van der Waals surface area contributed by atoms with Crippen molar-refractivity contribution in [1.29, 1.82) is 0 Å². The number of aromatic nitrogens is 3. The number of amides is 3. The normalized spacial score (nSPS) is 25.7. The highest BCUT2D eigenvalue weighted by atomic mass is 28.4. The molecule has 3 saturated heterocycles. The summed E-state index contributed by atoms with van der Waals surface area (Å²) >= 11 is 0. The number of aliphatic hydroxyl groups is 1. The standard InChI is InChI=1S/C35H46N8O6Si/c1-23-33(50(2,3)48)30(10-14-40-22-25(11-17-44)38-39-40)49-35(23)28-18-27(42-16-13-37-20-32(42)46)8-9-29(28)43(34(35)47)21-24-4-6-26(7-5-24)41-15-12-36-19-31(41)45/h4-9,18,22-23,30,33,36-37,44,48H,10-17,19-21H2,1-3H3/t23-,30+,33-,35+/m0/s1. The average Bonchev–Trinajstić information content (AvgIpc) is 3.74. The fraction of sp³-hybridized carbons (Fsp3) is 0.514. The minimum atomic E-state index is -2.91. The summed E-state index contributed by atoms with van der Waals surface area (Å²) in [7, 11) is -2.91. The molecule has 0 aliphatic carbocycles. The van der Waals surface area contributed by atoms with Gasteiger partial charge in [0.15, 0.2) is 13.9 Å². The summed E-state index contributed by atoms with van der Waals surface area (Å²) in [5.41, 5.74) is 2.90. The molecule has 3 fully saturated rings. The SMILES string of the molecule is C[C@H]1[C@H]([Si](C)(C)O)[C@@H](CCn2cc(CCO)nn2)O[C@]12C(=O)N(Cc1ccc(N3CCNCC3=O)cc1)c1ccc(N3CCNCC3=O)cc12. The van der Waals surface area contributed by atoms with Crippen LogP contribution in [-0.4, -0.2) is 103 Å². The lowest BCUT2D eigenvalue weighted by atomic mass is 9.82. The highest BCUT2D eigenvalue weighted by molar-refractivity contribution is 6.71. The van der Waals surface area contributed by atoms with E-state index < -0.39 is 20.0 Å². The zero-order valence-electron chi connectivity index (χ0n) is 28.8. The van der Waals surface area contributed by atoms with E-state index in [1.165, 1.54) is 0 Å². The number of fused-ring (bicyclic) bond motifs is 2. The molecule has 0 unspecified atom stereocenters. The topological polar surface area (TPSA) is 165 Å². The summed E-state index contributed by atoms with van der Waals surface area (Å²) in [5.74, 6) is -0.578. The lowest BCUT2D eigenvalue weighted by Gasteiger charge is -2.33. The highest BCUT2D eigenvalue weighted by Gasteiger charge is 2.66. The second kappa shape index (κ2) is 13.6. The molecule has 15 heteroatoms. The molecule has 1 aromatic heterocycles. The molecular formula is C35H46N8O6Si. The van der Waals surface area contributed by atoms with Gasteiger partial charge in [-0.2, -0.15) is 0 Å². The molecule has 266 valence electrons. The molecule has 0 saturated carbocycles. The van der Waals surface area contributed by atoms with Gasteiger partial charge in [-0.25, -0.2) is 0 Å². The predicted molar refractivity (Wildman–Crippen MR) is 189 cm³/mol. The Bertz CT molecular complexity index is 1760. The third-order valence-corrected chi connectivity index (χ3v) is 13.1. The molecule has 1 spiro atoms. The first-order valence-electron chi connectivity index (χ1n) is 17.5. The van der Waals surface area contributed by atoms with Crippen LogP contribution in [0.2, 0.25) is 18.6 Å². The fourth-order valence-corrected chi connectivity index (χ4v) is 10.9. The number of ether oxygens (including phenoxy) is 1. The van der Waals surface area contributed by atoms with E-state index in [2.05, 4.69) is 20.9 Å². The average molecular weight is 703 g/mol. The largest absolute Gasteiger partial charge is 0.432 e. The monoisotopic (exact) mass is 702 g/mol. The number of benzene rings is 2. The van der Waals surface area contributed by atoms with Crippen molar-refractivity contribution in [2.24, 2.45) is 5.92 Å². The van der Waals surface area contributed by atoms with Crippen molar-refractivity contribution < 1.29 is 29.0 Å². The predicted octanol–water partition coefficient (Wildman–Crippen LogP) is 1.12. The first-order valence-corrected chi connectivity index (χ1v) is 20.5. The van der Waals surface area contributed by atoms with Gasteiger partial charge >= 0.3 is 0 Å². The van der Waals surface area contributed by atoms with Gasteiger partial charge in [0.2, 0.25) is 11.8 Å². The molecule has 0 bridgehead atoms. The van der Waals surface area contributed by atoms with Gasteiger partial charge in [0.05, 0.1) is 37.1 Å². The number of carbonyl (C=O) groups excluding carboxylic acids is 3. The van der Waals surface area contributed by atoms with E-state index in [1.807, 2.05) is 62.5 Å². The van der Waals surface area contributed by atoms with Crippen LogP contribution in [0.3, 0.4) is 0 Å². The maximum atomic E-state index is 15.0. The van der Waals surface area contributed by atoms with E-state index in [4.69, 9.17) is 4.74 Å². The second-order valence-electron chi connectivity index (χ2n) is 14.3. The Morgan fingerprint density at radius 1 is 0.980 bits per heavy atom. The van der Waals surface area contributed by atoms with Crippen molar-refractivity contribution in [3.05, 3.63) is 65.5 Å². The van der Waals surface area contributed by atoms with Crippen LogP contribution >= 0.6 is 0 Å². The Balaban J connectivity index is 1.24. The van der Waals surface area contributed by atoms with E-state index >= 15 is 4.79 Å². The van der Waals surface area contributed by atoms with Crippen molar-refractivity contribution in [2.45, 2.75) is 63.2 Å². The summed E-state index contributed by atoms with van der Waals surface area (Å²) in [5, 5.41) is 23.9. The molecule has 14 nitrogen and oxygen atoms in total. The maximum absolute atomic E-state index is 15.0. The van der Waals surface area contributed by atoms with Crippen molar-refractivity contribution in [1.82, 2.24) is 25.6 Å². The molecule has 2 aromatic carbocycles.